The smallest absolute Gasteiger partial charge is 0.239 e. The molecule has 0 unspecified atom stereocenters. The molecule has 1 N–H and O–H groups in total. The lowest BCUT2D eigenvalue weighted by Gasteiger charge is -2.55. The molecule has 0 radical (unpaired) electrons. The molecule has 2 saturated heterocycles. The maximum atomic E-state index is 12.4. The van der Waals surface area contributed by atoms with Crippen LogP contribution in [-0.4, -0.2) is 72.6 Å². The molecule has 1 saturated carbocycles. The number of carbonyl (C=O) groups is 2. The SMILES string of the molecule is CC(C)C(=O)N1CC2(C1)CN(C)[C@@H](C(=O)NC1CCCC1)CO2. The second-order valence-electron chi connectivity index (χ2n) is 7.76. The first kappa shape index (κ1) is 16.7. The highest BCUT2D eigenvalue weighted by Crippen LogP contribution is 2.31. The lowest BCUT2D eigenvalue weighted by Crippen LogP contribution is -2.73. The van der Waals surface area contributed by atoms with Gasteiger partial charge in [-0.1, -0.05) is 26.7 Å². The molecule has 1 atom stereocenters. The van der Waals surface area contributed by atoms with Gasteiger partial charge in [0.25, 0.3) is 0 Å². The standard InChI is InChI=1S/C17H29N3O3/c1-12(2)16(22)20-10-17(11-20)9-19(3)14(8-23-17)15(21)18-13-6-4-5-7-13/h12-14H,4-11H2,1-3H3,(H,18,21)/t14-/m1/s1. The van der Waals surface area contributed by atoms with Gasteiger partial charge >= 0.3 is 0 Å². The molecular formula is C17H29N3O3. The minimum absolute atomic E-state index is 0.0265. The quantitative estimate of drug-likeness (QED) is 0.827. The first-order valence-electron chi connectivity index (χ1n) is 8.83. The third-order valence-electron chi connectivity index (χ3n) is 5.38. The lowest BCUT2D eigenvalue weighted by atomic mass is 9.89. The highest BCUT2D eigenvalue weighted by atomic mass is 16.5. The third kappa shape index (κ3) is 3.38. The molecule has 0 aromatic rings. The summed E-state index contributed by atoms with van der Waals surface area (Å²) in [5, 5.41) is 3.16. The fraction of sp³-hybridized carbons (Fsp3) is 0.882. The molecule has 3 rings (SSSR count). The molecule has 1 aliphatic carbocycles. The number of nitrogens with zero attached hydrogens (tertiary/aromatic N) is 2. The predicted molar refractivity (Wildman–Crippen MR) is 86.9 cm³/mol. The van der Waals surface area contributed by atoms with Gasteiger partial charge in [0.05, 0.1) is 19.7 Å². The van der Waals surface area contributed by atoms with Gasteiger partial charge in [0.15, 0.2) is 0 Å². The van der Waals surface area contributed by atoms with E-state index in [1.54, 1.807) is 0 Å². The summed E-state index contributed by atoms with van der Waals surface area (Å²) in [7, 11) is 1.98. The summed E-state index contributed by atoms with van der Waals surface area (Å²) in [4.78, 5) is 28.4. The van der Waals surface area contributed by atoms with Crippen LogP contribution in [-0.2, 0) is 14.3 Å². The summed E-state index contributed by atoms with van der Waals surface area (Å²) in [5.41, 5.74) is -0.274. The number of hydrogen-bond donors (Lipinski definition) is 1. The van der Waals surface area contributed by atoms with E-state index in [2.05, 4.69) is 10.2 Å². The van der Waals surface area contributed by atoms with Crippen molar-refractivity contribution in [2.75, 3.05) is 33.3 Å². The van der Waals surface area contributed by atoms with Crippen LogP contribution in [0.5, 0.6) is 0 Å². The zero-order valence-electron chi connectivity index (χ0n) is 14.5. The van der Waals surface area contributed by atoms with Crippen molar-refractivity contribution >= 4 is 11.8 Å². The van der Waals surface area contributed by atoms with E-state index in [4.69, 9.17) is 4.74 Å². The highest BCUT2D eigenvalue weighted by Gasteiger charge is 2.51. The Morgan fingerprint density at radius 3 is 2.39 bits per heavy atom. The number of morpholine rings is 1. The van der Waals surface area contributed by atoms with Gasteiger partial charge in [-0.15, -0.1) is 0 Å². The normalized spacial score (nSPS) is 28.2. The van der Waals surface area contributed by atoms with Crippen molar-refractivity contribution in [3.63, 3.8) is 0 Å². The average Bonchev–Trinajstić information content (AvgIpc) is 2.96. The lowest BCUT2D eigenvalue weighted by molar-refractivity contribution is -0.202. The maximum Gasteiger partial charge on any atom is 0.239 e. The van der Waals surface area contributed by atoms with Gasteiger partial charge in [-0.3, -0.25) is 14.5 Å². The number of carbonyl (C=O) groups excluding carboxylic acids is 2. The molecule has 130 valence electrons. The fourth-order valence-corrected chi connectivity index (χ4v) is 4.00. The molecule has 3 aliphatic rings. The Morgan fingerprint density at radius 1 is 1.17 bits per heavy atom. The van der Waals surface area contributed by atoms with Crippen molar-refractivity contribution in [3.05, 3.63) is 0 Å². The van der Waals surface area contributed by atoms with Gasteiger partial charge in [-0.2, -0.15) is 0 Å². The van der Waals surface area contributed by atoms with Crippen LogP contribution < -0.4 is 5.32 Å². The van der Waals surface area contributed by atoms with Crippen molar-refractivity contribution in [3.8, 4) is 0 Å². The summed E-state index contributed by atoms with van der Waals surface area (Å²) < 4.78 is 6.03. The number of hydrogen-bond acceptors (Lipinski definition) is 4. The van der Waals surface area contributed by atoms with Crippen molar-refractivity contribution in [1.29, 1.82) is 0 Å². The average molecular weight is 323 g/mol. The third-order valence-corrected chi connectivity index (χ3v) is 5.38. The molecule has 1 spiro atoms. The zero-order valence-corrected chi connectivity index (χ0v) is 14.5. The largest absolute Gasteiger partial charge is 0.368 e. The number of nitrogens with one attached hydrogen (secondary N) is 1. The van der Waals surface area contributed by atoms with Crippen molar-refractivity contribution in [1.82, 2.24) is 15.1 Å². The molecule has 2 aliphatic heterocycles. The highest BCUT2D eigenvalue weighted by molar-refractivity contribution is 5.82. The summed E-state index contributed by atoms with van der Waals surface area (Å²) in [6.45, 7) is 6.25. The van der Waals surface area contributed by atoms with E-state index >= 15 is 0 Å². The Bertz CT molecular complexity index is 468. The fourth-order valence-electron chi connectivity index (χ4n) is 4.00. The summed E-state index contributed by atoms with van der Waals surface area (Å²) in [6.07, 6.45) is 4.62. The Kier molecular flexibility index (Phi) is 4.65. The van der Waals surface area contributed by atoms with Crippen LogP contribution in [0.2, 0.25) is 0 Å². The number of amides is 2. The van der Waals surface area contributed by atoms with Crippen LogP contribution in [0, 0.1) is 5.92 Å². The van der Waals surface area contributed by atoms with E-state index in [-0.39, 0.29) is 29.4 Å². The topological polar surface area (TPSA) is 61.9 Å². The van der Waals surface area contributed by atoms with Crippen molar-refractivity contribution < 1.29 is 14.3 Å². The predicted octanol–water partition coefficient (Wildman–Crippen LogP) is 0.613. The molecule has 2 heterocycles. The second kappa shape index (κ2) is 6.40. The van der Waals surface area contributed by atoms with Gasteiger partial charge < -0.3 is 15.0 Å². The Morgan fingerprint density at radius 2 is 1.83 bits per heavy atom. The van der Waals surface area contributed by atoms with Crippen LogP contribution in [0.3, 0.4) is 0 Å². The molecule has 23 heavy (non-hydrogen) atoms. The van der Waals surface area contributed by atoms with Gasteiger partial charge in [0, 0.05) is 18.5 Å². The van der Waals surface area contributed by atoms with Gasteiger partial charge in [-0.25, -0.2) is 0 Å². The Labute approximate surface area is 138 Å². The summed E-state index contributed by atoms with van der Waals surface area (Å²) in [5.74, 6) is 0.297. The van der Waals surface area contributed by atoms with Gasteiger partial charge in [-0.05, 0) is 19.9 Å². The minimum atomic E-state index is -0.274. The van der Waals surface area contributed by atoms with Crippen molar-refractivity contribution in [2.45, 2.75) is 57.2 Å². The van der Waals surface area contributed by atoms with E-state index in [1.165, 1.54) is 12.8 Å². The van der Waals surface area contributed by atoms with E-state index in [1.807, 2.05) is 25.8 Å². The molecule has 2 amide bonds. The molecular weight excluding hydrogens is 294 g/mol. The molecule has 3 fully saturated rings. The van der Waals surface area contributed by atoms with E-state index < -0.39 is 0 Å². The summed E-state index contributed by atoms with van der Waals surface area (Å²) >= 11 is 0. The number of rotatable bonds is 3. The van der Waals surface area contributed by atoms with Crippen LogP contribution in [0.4, 0.5) is 0 Å². The Balaban J connectivity index is 1.50. The molecule has 0 aromatic heterocycles. The molecule has 0 bridgehead atoms. The zero-order chi connectivity index (χ0) is 16.6. The van der Waals surface area contributed by atoms with Gasteiger partial charge in [0.1, 0.15) is 11.6 Å². The summed E-state index contributed by atoms with van der Waals surface area (Å²) in [6, 6.07) is 0.130. The minimum Gasteiger partial charge on any atom is -0.368 e. The van der Waals surface area contributed by atoms with Crippen LogP contribution >= 0.6 is 0 Å². The number of ether oxygens (including phenoxy) is 1. The Hall–Kier alpha value is -1.14. The molecule has 6 heteroatoms. The first-order chi connectivity index (χ1) is 10.9. The maximum absolute atomic E-state index is 12.4. The number of likely N-dealkylation sites (N-methyl/N-ethyl adjacent to an activating group) is 1. The van der Waals surface area contributed by atoms with Crippen LogP contribution in [0.15, 0.2) is 0 Å². The van der Waals surface area contributed by atoms with Gasteiger partial charge in [0.2, 0.25) is 11.8 Å². The van der Waals surface area contributed by atoms with E-state index in [0.29, 0.717) is 32.3 Å². The van der Waals surface area contributed by atoms with Crippen LogP contribution in [0.25, 0.3) is 0 Å². The van der Waals surface area contributed by atoms with E-state index in [9.17, 15) is 9.59 Å². The van der Waals surface area contributed by atoms with Crippen molar-refractivity contribution in [2.24, 2.45) is 5.92 Å². The number of likely N-dealkylation sites (tertiary alicyclic amines) is 1. The monoisotopic (exact) mass is 323 g/mol. The second-order valence-corrected chi connectivity index (χ2v) is 7.76. The first-order valence-corrected chi connectivity index (χ1v) is 8.83. The van der Waals surface area contributed by atoms with Crippen LogP contribution in [0.1, 0.15) is 39.5 Å². The van der Waals surface area contributed by atoms with E-state index in [0.717, 1.165) is 12.8 Å². The molecule has 0 aromatic carbocycles. The molecule has 6 nitrogen and oxygen atoms in total.